The molecule has 1 fully saturated rings. The van der Waals surface area contributed by atoms with Crippen molar-refractivity contribution in [2.75, 3.05) is 37.2 Å². The molecule has 3 heterocycles. The zero-order valence-corrected chi connectivity index (χ0v) is 21.3. The zero-order chi connectivity index (χ0) is 23.8. The van der Waals surface area contributed by atoms with Crippen molar-refractivity contribution in [2.24, 2.45) is 11.8 Å². The number of rotatable bonds is 7. The summed E-state index contributed by atoms with van der Waals surface area (Å²) in [5.41, 5.74) is 4.90. The summed E-state index contributed by atoms with van der Waals surface area (Å²) in [5.74, 6) is 5.17. The fraction of sp³-hybridized carbons (Fsp3) is 0.370. The molecule has 3 aromatic rings. The first-order valence-electron chi connectivity index (χ1n) is 11.6. The predicted octanol–water partition coefficient (Wildman–Crippen LogP) is 5.96. The number of aromatic nitrogens is 1. The summed E-state index contributed by atoms with van der Waals surface area (Å²) in [7, 11) is 3.28. The van der Waals surface area contributed by atoms with E-state index in [4.69, 9.17) is 21.1 Å². The number of carbonyl (C=O) groups excluding carboxylic acids is 1. The average Bonchev–Trinajstić information content (AvgIpc) is 3.48. The maximum Gasteiger partial charge on any atom is 0.254 e. The molecule has 0 spiro atoms. The number of methoxy groups -OCH3 is 2. The summed E-state index contributed by atoms with van der Waals surface area (Å²) in [5, 5.41) is 0.498. The Morgan fingerprint density at radius 3 is 2.71 bits per heavy atom. The van der Waals surface area contributed by atoms with E-state index in [1.165, 1.54) is 11.5 Å². The molecule has 1 saturated heterocycles. The monoisotopic (exact) mass is 496 g/mol. The zero-order valence-electron chi connectivity index (χ0n) is 19.7. The van der Waals surface area contributed by atoms with Crippen molar-refractivity contribution in [3.63, 3.8) is 0 Å². The van der Waals surface area contributed by atoms with Gasteiger partial charge in [0.25, 0.3) is 5.24 Å². The van der Waals surface area contributed by atoms with Crippen LogP contribution < -0.4 is 14.4 Å². The fourth-order valence-electron chi connectivity index (χ4n) is 5.16. The second kappa shape index (κ2) is 9.59. The van der Waals surface area contributed by atoms with E-state index in [1.54, 1.807) is 14.2 Å². The second-order valence-corrected chi connectivity index (χ2v) is 10.3. The van der Waals surface area contributed by atoms with Gasteiger partial charge in [0.15, 0.2) is 11.5 Å². The molecular formula is C27H29ClN2O3S. The van der Waals surface area contributed by atoms with Crippen molar-refractivity contribution in [2.45, 2.75) is 19.9 Å². The van der Waals surface area contributed by atoms with E-state index in [-0.39, 0.29) is 0 Å². The molecule has 1 aromatic heterocycles. The Morgan fingerprint density at radius 2 is 1.97 bits per heavy atom. The molecule has 0 amide bonds. The van der Waals surface area contributed by atoms with E-state index in [0.29, 0.717) is 35.3 Å². The highest BCUT2D eigenvalue weighted by atomic mass is 35.5. The van der Waals surface area contributed by atoms with Crippen molar-refractivity contribution >= 4 is 45.2 Å². The van der Waals surface area contributed by atoms with Crippen molar-refractivity contribution < 1.29 is 14.3 Å². The second-order valence-electron chi connectivity index (χ2n) is 8.92. The Labute approximate surface area is 209 Å². The minimum Gasteiger partial charge on any atom is -0.493 e. The van der Waals surface area contributed by atoms with Gasteiger partial charge >= 0.3 is 0 Å². The first-order valence-corrected chi connectivity index (χ1v) is 13.1. The maximum atomic E-state index is 12.4. The molecule has 0 saturated carbocycles. The number of carbonyl (C=O) groups is 1. The molecule has 5 rings (SSSR count). The van der Waals surface area contributed by atoms with Gasteiger partial charge in [0.2, 0.25) is 0 Å². The maximum absolute atomic E-state index is 12.4. The van der Waals surface area contributed by atoms with Crippen LogP contribution in [0.3, 0.4) is 0 Å². The number of halogens is 1. The normalized spacial score (nSPS) is 19.5. The van der Waals surface area contributed by atoms with Crippen LogP contribution in [0.4, 0.5) is 5.69 Å². The number of thioether (sulfide) groups is 1. The van der Waals surface area contributed by atoms with Crippen LogP contribution >= 0.6 is 23.4 Å². The van der Waals surface area contributed by atoms with E-state index in [9.17, 15) is 4.79 Å². The van der Waals surface area contributed by atoms with Crippen molar-refractivity contribution in [3.8, 4) is 11.5 Å². The number of benzene rings is 2. The third kappa shape index (κ3) is 4.18. The third-order valence-electron chi connectivity index (χ3n) is 6.97. The minimum atomic E-state index is -0.429. The Kier molecular flexibility index (Phi) is 6.54. The van der Waals surface area contributed by atoms with Crippen LogP contribution in [-0.4, -0.2) is 42.1 Å². The fourth-order valence-corrected chi connectivity index (χ4v) is 6.75. The van der Waals surface area contributed by atoms with Gasteiger partial charge in [-0.05, 0) is 83.7 Å². The number of hydrogen-bond acceptors (Lipinski definition) is 5. The topological polar surface area (TPSA) is 43.7 Å². The van der Waals surface area contributed by atoms with Gasteiger partial charge in [-0.3, -0.25) is 4.79 Å². The van der Waals surface area contributed by atoms with E-state index >= 15 is 0 Å². The number of hydrogen-bond donors (Lipinski definition) is 0. The molecule has 0 radical (unpaired) electrons. The summed E-state index contributed by atoms with van der Waals surface area (Å²) >= 11 is 8.10. The summed E-state index contributed by atoms with van der Waals surface area (Å²) in [4.78, 5) is 14.7. The van der Waals surface area contributed by atoms with Gasteiger partial charge in [0.1, 0.15) is 0 Å². The first-order chi connectivity index (χ1) is 16.5. The molecule has 0 bridgehead atoms. The number of nitrogens with zero attached hydrogens (tertiary/aromatic N) is 2. The first kappa shape index (κ1) is 23.2. The van der Waals surface area contributed by atoms with E-state index in [1.807, 2.05) is 36.2 Å². The van der Waals surface area contributed by atoms with E-state index in [2.05, 4.69) is 40.8 Å². The van der Waals surface area contributed by atoms with Crippen molar-refractivity contribution in [1.82, 2.24) is 4.57 Å². The van der Waals surface area contributed by atoms with Gasteiger partial charge in [-0.2, -0.15) is 11.8 Å². The van der Waals surface area contributed by atoms with Crippen LogP contribution in [0.2, 0.25) is 0 Å². The molecule has 2 unspecified atom stereocenters. The standard InChI is InChI=1S/C27H29ClN2O3S/c1-4-29-14-22(27(28)31)26-19(9-17-5-6-24(32-2)25(10-17)33-3)11-21(12-23(26)29)30-8-7-18-15-34-16-20(18)13-30/h5-8,10-12,14,18,20H,4,9,13,15-16H2,1-3H3. The Hall–Kier alpha value is -2.57. The molecule has 2 aliphatic rings. The summed E-state index contributed by atoms with van der Waals surface area (Å²) in [6, 6.07) is 10.4. The Morgan fingerprint density at radius 1 is 1.15 bits per heavy atom. The number of aryl methyl sites for hydroxylation is 1. The third-order valence-corrected chi connectivity index (χ3v) is 8.45. The van der Waals surface area contributed by atoms with Gasteiger partial charge < -0.3 is 18.9 Å². The molecule has 7 heteroatoms. The molecule has 5 nitrogen and oxygen atoms in total. The van der Waals surface area contributed by atoms with Gasteiger partial charge in [-0.1, -0.05) is 12.1 Å². The van der Waals surface area contributed by atoms with Crippen LogP contribution in [0.25, 0.3) is 10.9 Å². The summed E-state index contributed by atoms with van der Waals surface area (Å²) in [6.07, 6.45) is 7.13. The van der Waals surface area contributed by atoms with E-state index in [0.717, 1.165) is 40.8 Å². The smallest absolute Gasteiger partial charge is 0.254 e. The number of allylic oxidation sites excluding steroid dienone is 1. The highest BCUT2D eigenvalue weighted by molar-refractivity contribution is 7.99. The number of anilines is 1. The number of ether oxygens (including phenoxy) is 2. The van der Waals surface area contributed by atoms with Crippen LogP contribution in [0.1, 0.15) is 28.4 Å². The molecule has 0 N–H and O–H groups in total. The predicted molar refractivity (Wildman–Crippen MR) is 141 cm³/mol. The minimum absolute atomic E-state index is 0.429. The van der Waals surface area contributed by atoms with Crippen LogP contribution in [-0.2, 0) is 13.0 Å². The van der Waals surface area contributed by atoms with Crippen LogP contribution in [0.5, 0.6) is 11.5 Å². The lowest BCUT2D eigenvalue weighted by molar-refractivity contribution is 0.108. The summed E-state index contributed by atoms with van der Waals surface area (Å²) < 4.78 is 13.0. The summed E-state index contributed by atoms with van der Waals surface area (Å²) in [6.45, 7) is 3.87. The molecule has 34 heavy (non-hydrogen) atoms. The van der Waals surface area contributed by atoms with Gasteiger partial charge in [-0.15, -0.1) is 0 Å². The molecule has 2 atom stereocenters. The Balaban J connectivity index is 1.63. The highest BCUT2D eigenvalue weighted by Crippen LogP contribution is 2.39. The van der Waals surface area contributed by atoms with Crippen LogP contribution in [0.15, 0.2) is 48.8 Å². The molecular weight excluding hydrogens is 468 g/mol. The molecule has 2 aromatic carbocycles. The average molecular weight is 497 g/mol. The quantitative estimate of drug-likeness (QED) is 0.377. The SMILES string of the molecule is CCn1cc(C(=O)Cl)c2c(Cc3ccc(OC)c(OC)c3)cc(N3C=CC4CSCC4C3)cc21. The van der Waals surface area contributed by atoms with Crippen molar-refractivity contribution in [3.05, 3.63) is 65.5 Å². The van der Waals surface area contributed by atoms with Crippen molar-refractivity contribution in [1.29, 1.82) is 0 Å². The van der Waals surface area contributed by atoms with Gasteiger partial charge in [-0.25, -0.2) is 0 Å². The van der Waals surface area contributed by atoms with E-state index < -0.39 is 5.24 Å². The van der Waals surface area contributed by atoms with Gasteiger partial charge in [0, 0.05) is 36.6 Å². The lowest BCUT2D eigenvalue weighted by Crippen LogP contribution is -2.32. The van der Waals surface area contributed by atoms with Gasteiger partial charge in [0.05, 0.1) is 25.3 Å². The van der Waals surface area contributed by atoms with Crippen LogP contribution in [0, 0.1) is 11.8 Å². The lowest BCUT2D eigenvalue weighted by atomic mass is 9.92. The Bertz CT molecular complexity index is 1270. The highest BCUT2D eigenvalue weighted by Gasteiger charge is 2.31. The largest absolute Gasteiger partial charge is 0.493 e. The molecule has 0 aliphatic carbocycles. The number of fused-ring (bicyclic) bond motifs is 2. The lowest BCUT2D eigenvalue weighted by Gasteiger charge is -2.31. The molecule has 2 aliphatic heterocycles. The molecule has 178 valence electrons.